The summed E-state index contributed by atoms with van der Waals surface area (Å²) in [6, 6.07) is 14.3. The number of nitrogens with two attached hydrogens (primary N) is 1. The maximum Gasteiger partial charge on any atom is 0.362 e. The highest BCUT2D eigenvalue weighted by molar-refractivity contribution is 6.28. The third kappa shape index (κ3) is 2.74. The Balaban J connectivity index is 1.88. The first-order valence-electron chi connectivity index (χ1n) is 7.43. The Hall–Kier alpha value is -3.19. The van der Waals surface area contributed by atoms with Gasteiger partial charge in [-0.3, -0.25) is 0 Å². The van der Waals surface area contributed by atoms with Crippen LogP contribution in [0.2, 0.25) is 0 Å². The van der Waals surface area contributed by atoms with Crippen molar-refractivity contribution in [3.8, 4) is 5.69 Å². The Bertz CT molecular complexity index is 1180. The van der Waals surface area contributed by atoms with E-state index in [0.717, 1.165) is 10.9 Å². The average molecular weight is 354 g/mol. The summed E-state index contributed by atoms with van der Waals surface area (Å²) in [4.78, 5) is 16.6. The van der Waals surface area contributed by atoms with E-state index in [1.807, 2.05) is 24.3 Å². The summed E-state index contributed by atoms with van der Waals surface area (Å²) in [7, 11) is 0. The second kappa shape index (κ2) is 6.03. The number of fused-ring (bicyclic) bond motifs is 2. The minimum absolute atomic E-state index is 0.125. The molecule has 0 unspecified atom stereocenters. The second-order valence-corrected chi connectivity index (χ2v) is 5.64. The molecule has 0 amide bonds. The molecule has 25 heavy (non-hydrogen) atoms. The number of para-hydroxylation sites is 1. The molecule has 0 aliphatic rings. The lowest BCUT2D eigenvalue weighted by molar-refractivity contribution is 0.552. The molecule has 2 N–H and O–H groups in total. The van der Waals surface area contributed by atoms with Crippen LogP contribution in [-0.2, 0) is 0 Å². The summed E-state index contributed by atoms with van der Waals surface area (Å²) in [5.74, 6) is 0.411. The second-order valence-electron chi connectivity index (χ2n) is 5.37. The van der Waals surface area contributed by atoms with Crippen molar-refractivity contribution in [1.82, 2.24) is 15.0 Å². The van der Waals surface area contributed by atoms with Gasteiger partial charge in [-0.05, 0) is 30.3 Å². The van der Waals surface area contributed by atoms with Gasteiger partial charge < -0.3 is 10.2 Å². The van der Waals surface area contributed by atoms with Gasteiger partial charge in [0.05, 0.1) is 17.1 Å². The monoisotopic (exact) mass is 353 g/mol. The van der Waals surface area contributed by atoms with Crippen LogP contribution in [0.25, 0.3) is 27.7 Å². The molecule has 7 nitrogen and oxygen atoms in total. The summed E-state index contributed by atoms with van der Waals surface area (Å²) >= 11 is 5.63. The number of benzene rings is 2. The van der Waals surface area contributed by atoms with Crippen molar-refractivity contribution in [3.05, 3.63) is 59.0 Å². The van der Waals surface area contributed by atoms with Crippen LogP contribution >= 0.6 is 11.6 Å². The molecule has 0 radical (unpaired) electrons. The van der Waals surface area contributed by atoms with E-state index < -0.39 is 5.63 Å². The van der Waals surface area contributed by atoms with Gasteiger partial charge in [-0.25, -0.2) is 14.5 Å². The molecule has 2 heterocycles. The number of alkyl halides is 1. The molecular weight excluding hydrogens is 342 g/mol. The fourth-order valence-electron chi connectivity index (χ4n) is 2.55. The molecule has 0 aliphatic heterocycles. The van der Waals surface area contributed by atoms with Crippen LogP contribution in [0.1, 0.15) is 0 Å². The van der Waals surface area contributed by atoms with Gasteiger partial charge in [-0.15, -0.1) is 16.7 Å². The number of aromatic nitrogens is 3. The number of rotatable bonds is 3. The van der Waals surface area contributed by atoms with E-state index in [4.69, 9.17) is 21.8 Å². The van der Waals surface area contributed by atoms with E-state index in [1.165, 1.54) is 4.68 Å². The van der Waals surface area contributed by atoms with Crippen LogP contribution < -0.4 is 11.4 Å². The quantitative estimate of drug-likeness (QED) is 0.264. The highest BCUT2D eigenvalue weighted by Gasteiger charge is 2.12. The number of amidine groups is 1. The molecule has 0 saturated carbocycles. The Morgan fingerprint density at radius 3 is 2.92 bits per heavy atom. The molecule has 0 fully saturated rings. The Morgan fingerprint density at radius 2 is 2.08 bits per heavy atom. The van der Waals surface area contributed by atoms with Gasteiger partial charge in [-0.2, -0.15) is 0 Å². The van der Waals surface area contributed by atoms with E-state index in [2.05, 4.69) is 15.3 Å². The van der Waals surface area contributed by atoms with E-state index in [9.17, 15) is 4.79 Å². The SMILES string of the molecule is NC(CCl)=Nc1ccc2cc(-n3nnc4ccccc43)c(=O)oc2c1. The van der Waals surface area contributed by atoms with Crippen molar-refractivity contribution in [3.63, 3.8) is 0 Å². The molecule has 0 bridgehead atoms. The lowest BCUT2D eigenvalue weighted by atomic mass is 10.2. The fraction of sp³-hybridized carbons (Fsp3) is 0.0588. The molecule has 4 rings (SSSR count). The number of aliphatic imine (C=N–C) groups is 1. The number of hydrogen-bond acceptors (Lipinski definition) is 5. The van der Waals surface area contributed by atoms with Crippen LogP contribution in [0, 0.1) is 0 Å². The predicted octanol–water partition coefficient (Wildman–Crippen LogP) is 2.75. The Labute approximate surface area is 146 Å². The maximum atomic E-state index is 12.4. The molecule has 2 aromatic carbocycles. The van der Waals surface area contributed by atoms with Gasteiger partial charge in [0.15, 0.2) is 5.69 Å². The van der Waals surface area contributed by atoms with Crippen molar-refractivity contribution >= 4 is 45.1 Å². The molecule has 2 aromatic heterocycles. The Kier molecular flexibility index (Phi) is 3.70. The van der Waals surface area contributed by atoms with E-state index in [1.54, 1.807) is 24.3 Å². The molecule has 0 spiro atoms. The van der Waals surface area contributed by atoms with E-state index in [-0.39, 0.29) is 17.4 Å². The van der Waals surface area contributed by atoms with Crippen molar-refractivity contribution < 1.29 is 4.42 Å². The van der Waals surface area contributed by atoms with Crippen molar-refractivity contribution in [2.24, 2.45) is 10.7 Å². The van der Waals surface area contributed by atoms with E-state index in [0.29, 0.717) is 16.8 Å². The van der Waals surface area contributed by atoms with Gasteiger partial charge in [0, 0.05) is 11.5 Å². The van der Waals surface area contributed by atoms with Crippen molar-refractivity contribution in [1.29, 1.82) is 0 Å². The van der Waals surface area contributed by atoms with Gasteiger partial charge >= 0.3 is 5.63 Å². The van der Waals surface area contributed by atoms with E-state index >= 15 is 0 Å². The number of halogens is 1. The molecular formula is C17H12ClN5O2. The molecule has 0 aliphatic carbocycles. The van der Waals surface area contributed by atoms with Crippen LogP contribution in [-0.4, -0.2) is 26.7 Å². The molecule has 0 atom stereocenters. The zero-order chi connectivity index (χ0) is 17.4. The van der Waals surface area contributed by atoms with Gasteiger partial charge in [0.1, 0.15) is 16.9 Å². The van der Waals surface area contributed by atoms with Crippen LogP contribution in [0.15, 0.2) is 62.7 Å². The lowest BCUT2D eigenvalue weighted by Crippen LogP contribution is -2.12. The highest BCUT2D eigenvalue weighted by Crippen LogP contribution is 2.23. The summed E-state index contributed by atoms with van der Waals surface area (Å²) in [6.45, 7) is 0. The zero-order valence-electron chi connectivity index (χ0n) is 12.9. The summed E-state index contributed by atoms with van der Waals surface area (Å²) in [6.07, 6.45) is 0. The highest BCUT2D eigenvalue weighted by atomic mass is 35.5. The number of nitrogens with zero attached hydrogens (tertiary/aromatic N) is 4. The van der Waals surface area contributed by atoms with Crippen LogP contribution in [0.5, 0.6) is 0 Å². The topological polar surface area (TPSA) is 99.3 Å². The first kappa shape index (κ1) is 15.3. The molecule has 0 saturated heterocycles. The minimum Gasteiger partial charge on any atom is -0.421 e. The smallest absolute Gasteiger partial charge is 0.362 e. The van der Waals surface area contributed by atoms with Crippen LogP contribution in [0.4, 0.5) is 5.69 Å². The average Bonchev–Trinajstić information content (AvgIpc) is 3.05. The normalized spacial score (nSPS) is 12.1. The summed E-state index contributed by atoms with van der Waals surface area (Å²) in [5.41, 5.74) is 7.79. The Morgan fingerprint density at radius 1 is 1.24 bits per heavy atom. The van der Waals surface area contributed by atoms with Gasteiger partial charge in [-0.1, -0.05) is 17.3 Å². The predicted molar refractivity (Wildman–Crippen MR) is 96.9 cm³/mol. The van der Waals surface area contributed by atoms with Crippen molar-refractivity contribution in [2.75, 3.05) is 5.88 Å². The molecule has 8 heteroatoms. The summed E-state index contributed by atoms with van der Waals surface area (Å²) in [5, 5.41) is 8.85. The summed E-state index contributed by atoms with van der Waals surface area (Å²) < 4.78 is 6.90. The van der Waals surface area contributed by atoms with Gasteiger partial charge in [0.2, 0.25) is 0 Å². The van der Waals surface area contributed by atoms with Crippen LogP contribution in [0.3, 0.4) is 0 Å². The third-order valence-corrected chi connectivity index (χ3v) is 3.96. The molecule has 124 valence electrons. The van der Waals surface area contributed by atoms with Gasteiger partial charge in [0.25, 0.3) is 0 Å². The molecule has 4 aromatic rings. The minimum atomic E-state index is -0.519. The lowest BCUT2D eigenvalue weighted by Gasteiger charge is -2.04. The fourth-order valence-corrected chi connectivity index (χ4v) is 2.61. The van der Waals surface area contributed by atoms with Crippen molar-refractivity contribution in [2.45, 2.75) is 0 Å². The first-order chi connectivity index (χ1) is 12.2. The number of hydrogen-bond donors (Lipinski definition) is 1. The standard InChI is InChI=1S/C17H12ClN5O2/c18-9-16(19)20-11-6-5-10-7-14(17(24)25-15(10)8-11)23-13-4-2-1-3-12(13)21-22-23/h1-8H,9H2,(H2,19,20). The zero-order valence-corrected chi connectivity index (χ0v) is 13.6. The maximum absolute atomic E-state index is 12.4. The first-order valence-corrected chi connectivity index (χ1v) is 7.97. The largest absolute Gasteiger partial charge is 0.421 e. The third-order valence-electron chi connectivity index (χ3n) is 3.69.